The lowest BCUT2D eigenvalue weighted by Gasteiger charge is -2.51. The Morgan fingerprint density at radius 3 is 2.13 bits per heavy atom. The maximum atomic E-state index is 11.8. The number of likely N-dealkylation sites (tertiary alicyclic amines) is 1. The molecule has 15 heavy (non-hydrogen) atoms. The average molecular weight is 212 g/mol. The van der Waals surface area contributed by atoms with Crippen LogP contribution in [-0.2, 0) is 4.79 Å². The van der Waals surface area contributed by atoms with Crippen LogP contribution in [-0.4, -0.2) is 41.9 Å². The zero-order valence-corrected chi connectivity index (χ0v) is 10.4. The number of carbonyl (C=O) groups excluding carboxylic acids is 2. The second-order valence-corrected chi connectivity index (χ2v) is 5.48. The molecule has 0 bridgehead atoms. The first-order valence-electron chi connectivity index (χ1n) is 5.22. The summed E-state index contributed by atoms with van der Waals surface area (Å²) in [6.07, 6.45) is 0. The first-order valence-corrected chi connectivity index (χ1v) is 5.22. The monoisotopic (exact) mass is 212 g/mol. The molecule has 1 rings (SSSR count). The molecule has 0 unspecified atom stereocenters. The highest BCUT2D eigenvalue weighted by molar-refractivity contribution is 6.01. The van der Waals surface area contributed by atoms with Crippen molar-refractivity contribution in [1.29, 1.82) is 0 Å². The highest BCUT2D eigenvalue weighted by Gasteiger charge is 2.53. The van der Waals surface area contributed by atoms with Crippen LogP contribution in [0.3, 0.4) is 0 Å². The molecule has 2 atom stereocenters. The van der Waals surface area contributed by atoms with Gasteiger partial charge in [0.2, 0.25) is 5.91 Å². The maximum absolute atomic E-state index is 11.8. The molecule has 0 saturated carbocycles. The molecule has 1 heterocycles. The molecule has 1 aliphatic heterocycles. The Labute approximate surface area is 91.2 Å². The molecule has 0 aromatic carbocycles. The van der Waals surface area contributed by atoms with E-state index in [1.165, 1.54) is 9.80 Å². The molecule has 86 valence electrons. The van der Waals surface area contributed by atoms with Gasteiger partial charge in [0.15, 0.2) is 0 Å². The quantitative estimate of drug-likeness (QED) is 0.572. The summed E-state index contributed by atoms with van der Waals surface area (Å²) in [5.41, 5.74) is -0.0566. The largest absolute Gasteiger partial charge is 0.330 e. The van der Waals surface area contributed by atoms with Crippen LogP contribution >= 0.6 is 0 Å². The van der Waals surface area contributed by atoms with Gasteiger partial charge in [0.1, 0.15) is 0 Å². The van der Waals surface area contributed by atoms with Gasteiger partial charge in [-0.25, -0.2) is 4.79 Å². The van der Waals surface area contributed by atoms with Gasteiger partial charge in [-0.3, -0.25) is 9.69 Å². The molecule has 0 aliphatic carbocycles. The normalized spacial score (nSPS) is 26.3. The molecule has 4 heteroatoms. The molecule has 4 nitrogen and oxygen atoms in total. The molecule has 3 amide bonds. The van der Waals surface area contributed by atoms with Crippen LogP contribution in [0.25, 0.3) is 0 Å². The van der Waals surface area contributed by atoms with Gasteiger partial charge in [-0.15, -0.1) is 0 Å². The number of β-lactam (4-membered cyclic amide) rings is 1. The van der Waals surface area contributed by atoms with Crippen molar-refractivity contribution >= 4 is 11.9 Å². The van der Waals surface area contributed by atoms with E-state index in [1.54, 1.807) is 14.1 Å². The lowest BCUT2D eigenvalue weighted by Crippen LogP contribution is -2.68. The number of rotatable bonds is 0. The van der Waals surface area contributed by atoms with Crippen LogP contribution in [0, 0.1) is 11.3 Å². The number of imide groups is 1. The molecule has 0 radical (unpaired) electrons. The zero-order chi connectivity index (χ0) is 12.0. The van der Waals surface area contributed by atoms with Gasteiger partial charge < -0.3 is 4.90 Å². The number of urea groups is 1. The summed E-state index contributed by atoms with van der Waals surface area (Å²) in [5.74, 6) is -0.109. The minimum Gasteiger partial charge on any atom is -0.330 e. The van der Waals surface area contributed by atoms with Crippen molar-refractivity contribution in [2.45, 2.75) is 33.7 Å². The van der Waals surface area contributed by atoms with Crippen molar-refractivity contribution in [3.63, 3.8) is 0 Å². The fraction of sp³-hybridized carbons (Fsp3) is 0.818. The Balaban J connectivity index is 2.90. The van der Waals surface area contributed by atoms with Crippen LogP contribution in [0.5, 0.6) is 0 Å². The number of nitrogens with zero attached hydrogens (tertiary/aromatic N) is 2. The van der Waals surface area contributed by atoms with Gasteiger partial charge in [0.25, 0.3) is 0 Å². The molecular weight excluding hydrogens is 192 g/mol. The maximum Gasteiger partial charge on any atom is 0.326 e. The van der Waals surface area contributed by atoms with E-state index in [0.717, 1.165) is 0 Å². The van der Waals surface area contributed by atoms with Crippen molar-refractivity contribution in [3.8, 4) is 0 Å². The molecule has 0 N–H and O–H groups in total. The average Bonchev–Trinajstić information content (AvgIpc) is 2.09. The summed E-state index contributed by atoms with van der Waals surface area (Å²) >= 11 is 0. The number of carbonyl (C=O) groups is 2. The fourth-order valence-electron chi connectivity index (χ4n) is 2.20. The standard InChI is InChI=1S/C11H20N2O2/c1-7-8(11(2,3)4)13(9(7)14)10(15)12(5)6/h7-8H,1-6H3/t7-,8+/m0/s1. The van der Waals surface area contributed by atoms with Gasteiger partial charge in [0.05, 0.1) is 12.0 Å². The minimum absolute atomic E-state index is 0.0138. The Bertz CT molecular complexity index is 291. The molecule has 1 saturated heterocycles. The van der Waals surface area contributed by atoms with Gasteiger partial charge in [-0.1, -0.05) is 27.7 Å². The topological polar surface area (TPSA) is 40.6 Å². The van der Waals surface area contributed by atoms with Gasteiger partial charge >= 0.3 is 6.03 Å². The molecule has 1 fully saturated rings. The van der Waals surface area contributed by atoms with Crippen LogP contribution in [0.1, 0.15) is 27.7 Å². The van der Waals surface area contributed by atoms with E-state index in [9.17, 15) is 9.59 Å². The van der Waals surface area contributed by atoms with E-state index >= 15 is 0 Å². The van der Waals surface area contributed by atoms with E-state index in [0.29, 0.717) is 0 Å². The second kappa shape index (κ2) is 3.51. The molecule has 0 aromatic heterocycles. The molecule has 0 aromatic rings. The van der Waals surface area contributed by atoms with E-state index in [2.05, 4.69) is 20.8 Å². The Morgan fingerprint density at radius 2 is 1.80 bits per heavy atom. The van der Waals surface area contributed by atoms with Crippen LogP contribution < -0.4 is 0 Å². The predicted octanol–water partition coefficient (Wildman–Crippen LogP) is 1.56. The van der Waals surface area contributed by atoms with Crippen LogP contribution in [0.15, 0.2) is 0 Å². The Hall–Kier alpha value is -1.06. The van der Waals surface area contributed by atoms with Crippen LogP contribution in [0.4, 0.5) is 4.79 Å². The predicted molar refractivity (Wildman–Crippen MR) is 58.3 cm³/mol. The van der Waals surface area contributed by atoms with E-state index < -0.39 is 0 Å². The van der Waals surface area contributed by atoms with E-state index in [4.69, 9.17) is 0 Å². The lowest BCUT2D eigenvalue weighted by atomic mass is 9.72. The van der Waals surface area contributed by atoms with Crippen molar-refractivity contribution in [1.82, 2.24) is 9.80 Å². The van der Waals surface area contributed by atoms with Gasteiger partial charge in [0, 0.05) is 14.1 Å². The van der Waals surface area contributed by atoms with E-state index in [1.807, 2.05) is 6.92 Å². The van der Waals surface area contributed by atoms with Crippen molar-refractivity contribution in [2.24, 2.45) is 11.3 Å². The third-order valence-electron chi connectivity index (χ3n) is 2.85. The third-order valence-corrected chi connectivity index (χ3v) is 2.85. The highest BCUT2D eigenvalue weighted by Crippen LogP contribution is 2.39. The van der Waals surface area contributed by atoms with Crippen molar-refractivity contribution in [3.05, 3.63) is 0 Å². The highest BCUT2D eigenvalue weighted by atomic mass is 16.2. The minimum atomic E-state index is -0.210. The first-order chi connectivity index (χ1) is 6.68. The van der Waals surface area contributed by atoms with Gasteiger partial charge in [-0.05, 0) is 5.41 Å². The SMILES string of the molecule is C[C@@H]1C(=O)N(C(=O)N(C)C)[C@H]1C(C)(C)C. The zero-order valence-electron chi connectivity index (χ0n) is 10.4. The third kappa shape index (κ3) is 1.85. The summed E-state index contributed by atoms with van der Waals surface area (Å²) in [4.78, 5) is 26.2. The molecule has 1 aliphatic rings. The number of amides is 3. The summed E-state index contributed by atoms with van der Waals surface area (Å²) in [6, 6.07) is -0.196. The summed E-state index contributed by atoms with van der Waals surface area (Å²) in [6.45, 7) is 8.04. The molecule has 0 spiro atoms. The summed E-state index contributed by atoms with van der Waals surface area (Å²) in [7, 11) is 3.33. The van der Waals surface area contributed by atoms with Crippen molar-refractivity contribution < 1.29 is 9.59 Å². The van der Waals surface area contributed by atoms with E-state index in [-0.39, 0.29) is 29.3 Å². The summed E-state index contributed by atoms with van der Waals surface area (Å²) < 4.78 is 0. The van der Waals surface area contributed by atoms with Crippen LogP contribution in [0.2, 0.25) is 0 Å². The Kier molecular flexibility index (Phi) is 2.81. The fourth-order valence-corrected chi connectivity index (χ4v) is 2.20. The number of hydrogen-bond acceptors (Lipinski definition) is 2. The molecular formula is C11H20N2O2. The second-order valence-electron chi connectivity index (χ2n) is 5.48. The number of hydrogen-bond donors (Lipinski definition) is 0. The smallest absolute Gasteiger partial charge is 0.326 e. The van der Waals surface area contributed by atoms with Crippen molar-refractivity contribution in [2.75, 3.05) is 14.1 Å². The summed E-state index contributed by atoms with van der Waals surface area (Å²) in [5, 5.41) is 0. The Morgan fingerprint density at radius 1 is 1.33 bits per heavy atom. The van der Waals surface area contributed by atoms with Gasteiger partial charge in [-0.2, -0.15) is 0 Å². The first kappa shape index (κ1) is 12.0. The lowest BCUT2D eigenvalue weighted by molar-refractivity contribution is -0.156.